The highest BCUT2D eigenvalue weighted by Crippen LogP contribution is 2.19. The second kappa shape index (κ2) is 6.55. The van der Waals surface area contributed by atoms with E-state index in [2.05, 4.69) is 10.3 Å². The third-order valence-electron chi connectivity index (χ3n) is 4.49. The lowest BCUT2D eigenvalue weighted by Gasteiger charge is -2.31. The van der Waals surface area contributed by atoms with Gasteiger partial charge in [0, 0.05) is 37.5 Å². The summed E-state index contributed by atoms with van der Waals surface area (Å²) < 4.78 is 13.3. The molecule has 1 fully saturated rings. The average Bonchev–Trinajstić information content (AvgIpc) is 2.54. The van der Waals surface area contributed by atoms with Gasteiger partial charge in [0.15, 0.2) is 0 Å². The van der Waals surface area contributed by atoms with Crippen LogP contribution >= 0.6 is 0 Å². The fourth-order valence-corrected chi connectivity index (χ4v) is 3.07. The van der Waals surface area contributed by atoms with E-state index < -0.39 is 0 Å². The molecule has 0 bridgehead atoms. The highest BCUT2D eigenvalue weighted by atomic mass is 19.1. The van der Waals surface area contributed by atoms with Crippen LogP contribution < -0.4 is 5.32 Å². The third-order valence-corrected chi connectivity index (χ3v) is 4.49. The number of nitrogens with one attached hydrogen (secondary N) is 1. The monoisotopic (exact) mass is 329 g/mol. The number of amides is 2. The Morgan fingerprint density at radius 2 is 1.96 bits per heavy atom. The van der Waals surface area contributed by atoms with Gasteiger partial charge >= 0.3 is 0 Å². The van der Waals surface area contributed by atoms with E-state index in [1.165, 1.54) is 12.1 Å². The zero-order chi connectivity index (χ0) is 17.3. The second-order valence-corrected chi connectivity index (χ2v) is 6.21. The number of hydrogen-bond donors (Lipinski definition) is 1. The fraction of sp³-hybridized carbons (Fsp3) is 0.389. The number of halogens is 1. The second-order valence-electron chi connectivity index (χ2n) is 6.21. The predicted molar refractivity (Wildman–Crippen MR) is 89.2 cm³/mol. The summed E-state index contributed by atoms with van der Waals surface area (Å²) in [6, 6.07) is 6.15. The molecule has 2 aromatic rings. The van der Waals surface area contributed by atoms with Crippen LogP contribution in [-0.2, 0) is 4.79 Å². The number of benzene rings is 1. The number of carbonyl (C=O) groups excluding carboxylic acids is 2. The van der Waals surface area contributed by atoms with Gasteiger partial charge in [0.2, 0.25) is 5.91 Å². The van der Waals surface area contributed by atoms with Gasteiger partial charge in [-0.1, -0.05) is 0 Å². The minimum atomic E-state index is -0.344. The summed E-state index contributed by atoms with van der Waals surface area (Å²) >= 11 is 0. The number of carbonyl (C=O) groups is 2. The van der Waals surface area contributed by atoms with Crippen LogP contribution in [0.5, 0.6) is 0 Å². The van der Waals surface area contributed by atoms with Crippen molar-refractivity contribution in [1.29, 1.82) is 0 Å². The molecule has 0 spiro atoms. The first-order valence-corrected chi connectivity index (χ1v) is 8.07. The van der Waals surface area contributed by atoms with E-state index in [4.69, 9.17) is 0 Å². The zero-order valence-electron chi connectivity index (χ0n) is 13.8. The van der Waals surface area contributed by atoms with Gasteiger partial charge in [-0.25, -0.2) is 4.39 Å². The molecule has 0 unspecified atom stereocenters. The molecule has 3 rings (SSSR count). The molecule has 1 aromatic heterocycles. The van der Waals surface area contributed by atoms with Crippen molar-refractivity contribution < 1.29 is 14.0 Å². The van der Waals surface area contributed by atoms with E-state index in [-0.39, 0.29) is 23.7 Å². The number of piperidine rings is 1. The molecule has 2 amide bonds. The summed E-state index contributed by atoms with van der Waals surface area (Å²) in [5.41, 5.74) is 1.62. The van der Waals surface area contributed by atoms with Crippen LogP contribution in [0.1, 0.15) is 35.8 Å². The maximum absolute atomic E-state index is 13.3. The number of fused-ring (bicyclic) bond motifs is 1. The van der Waals surface area contributed by atoms with Crippen molar-refractivity contribution in [1.82, 2.24) is 15.2 Å². The van der Waals surface area contributed by atoms with Crippen molar-refractivity contribution in [3.8, 4) is 0 Å². The molecule has 6 heteroatoms. The molecule has 0 radical (unpaired) electrons. The van der Waals surface area contributed by atoms with Crippen LogP contribution in [0.25, 0.3) is 10.9 Å². The fourth-order valence-electron chi connectivity index (χ4n) is 3.07. The van der Waals surface area contributed by atoms with Gasteiger partial charge in [-0.2, -0.15) is 0 Å². The molecule has 5 nitrogen and oxygen atoms in total. The molecule has 0 aliphatic carbocycles. The Morgan fingerprint density at radius 3 is 2.62 bits per heavy atom. The lowest BCUT2D eigenvalue weighted by Crippen LogP contribution is -2.46. The first-order chi connectivity index (χ1) is 11.4. The number of pyridine rings is 1. The van der Waals surface area contributed by atoms with Gasteiger partial charge in [0.05, 0.1) is 16.8 Å². The summed E-state index contributed by atoms with van der Waals surface area (Å²) in [5.74, 6) is -0.446. The Hall–Kier alpha value is -2.50. The van der Waals surface area contributed by atoms with E-state index in [0.717, 1.165) is 18.2 Å². The molecule has 24 heavy (non-hydrogen) atoms. The van der Waals surface area contributed by atoms with Crippen LogP contribution in [-0.4, -0.2) is 40.8 Å². The van der Waals surface area contributed by atoms with Crippen molar-refractivity contribution >= 4 is 22.7 Å². The van der Waals surface area contributed by atoms with Gasteiger partial charge in [-0.3, -0.25) is 14.6 Å². The largest absolute Gasteiger partial charge is 0.349 e. The topological polar surface area (TPSA) is 62.3 Å². The van der Waals surface area contributed by atoms with Gasteiger partial charge in [0.1, 0.15) is 5.82 Å². The molecule has 1 aromatic carbocycles. The normalized spacial score (nSPS) is 15.5. The Morgan fingerprint density at radius 1 is 1.25 bits per heavy atom. The maximum Gasteiger partial charge on any atom is 0.253 e. The van der Waals surface area contributed by atoms with E-state index in [1.54, 1.807) is 30.9 Å². The van der Waals surface area contributed by atoms with Gasteiger partial charge < -0.3 is 10.2 Å². The van der Waals surface area contributed by atoms with Crippen molar-refractivity contribution in [2.45, 2.75) is 32.7 Å². The van der Waals surface area contributed by atoms with E-state index in [0.29, 0.717) is 29.9 Å². The van der Waals surface area contributed by atoms with Gasteiger partial charge in [-0.05, 0) is 38.0 Å². The average molecular weight is 329 g/mol. The lowest BCUT2D eigenvalue weighted by molar-refractivity contribution is -0.129. The highest BCUT2D eigenvalue weighted by Gasteiger charge is 2.23. The van der Waals surface area contributed by atoms with Crippen molar-refractivity contribution in [3.05, 3.63) is 41.3 Å². The van der Waals surface area contributed by atoms with Crippen LogP contribution in [0.3, 0.4) is 0 Å². The molecule has 0 atom stereocenters. The van der Waals surface area contributed by atoms with E-state index in [9.17, 15) is 14.0 Å². The van der Waals surface area contributed by atoms with Gasteiger partial charge in [0.25, 0.3) is 5.91 Å². The molecule has 1 aliphatic heterocycles. The third kappa shape index (κ3) is 3.37. The number of nitrogens with zero attached hydrogens (tertiary/aromatic N) is 2. The first-order valence-electron chi connectivity index (χ1n) is 8.07. The van der Waals surface area contributed by atoms with Crippen molar-refractivity contribution in [2.24, 2.45) is 0 Å². The first kappa shape index (κ1) is 16.4. The maximum atomic E-state index is 13.3. The quantitative estimate of drug-likeness (QED) is 0.920. The molecule has 1 aliphatic rings. The lowest BCUT2D eigenvalue weighted by atomic mass is 10.0. The van der Waals surface area contributed by atoms with E-state index >= 15 is 0 Å². The zero-order valence-corrected chi connectivity index (χ0v) is 13.8. The van der Waals surface area contributed by atoms with Gasteiger partial charge in [-0.15, -0.1) is 0 Å². The highest BCUT2D eigenvalue weighted by molar-refractivity contribution is 5.98. The minimum absolute atomic E-state index is 0.0522. The molecule has 1 N–H and O–H groups in total. The number of aryl methyl sites for hydroxylation is 1. The Balaban J connectivity index is 1.73. The van der Waals surface area contributed by atoms with Crippen LogP contribution in [0.2, 0.25) is 0 Å². The van der Waals surface area contributed by atoms with Crippen molar-refractivity contribution in [3.63, 3.8) is 0 Å². The Bertz CT molecular complexity index is 798. The van der Waals surface area contributed by atoms with Crippen molar-refractivity contribution in [2.75, 3.05) is 13.1 Å². The molecule has 1 saturated heterocycles. The Kier molecular flexibility index (Phi) is 4.46. The standard InChI is InChI=1S/C18H20FN3O2/c1-11-16(9-13-3-4-14(19)10-17(13)20-11)18(24)21-15-5-7-22(8-6-15)12(2)23/h3-4,9-10,15H,5-8H2,1-2H3,(H,21,24). The predicted octanol–water partition coefficient (Wildman–Crippen LogP) is 2.42. The Labute approximate surface area is 139 Å². The number of likely N-dealkylation sites (tertiary alicyclic amines) is 1. The van der Waals surface area contributed by atoms with E-state index in [1.807, 2.05) is 0 Å². The summed E-state index contributed by atoms with van der Waals surface area (Å²) in [5, 5.41) is 3.76. The molecule has 0 saturated carbocycles. The smallest absolute Gasteiger partial charge is 0.253 e. The number of rotatable bonds is 2. The molecule has 126 valence electrons. The summed E-state index contributed by atoms with van der Waals surface area (Å²) in [6.07, 6.45) is 1.49. The molecular formula is C18H20FN3O2. The minimum Gasteiger partial charge on any atom is -0.349 e. The number of hydrogen-bond acceptors (Lipinski definition) is 3. The summed E-state index contributed by atoms with van der Waals surface area (Å²) in [7, 11) is 0. The molecule has 2 heterocycles. The van der Waals surface area contributed by atoms with Crippen LogP contribution in [0, 0.1) is 12.7 Å². The molecular weight excluding hydrogens is 309 g/mol. The van der Waals surface area contributed by atoms with Crippen LogP contribution in [0.15, 0.2) is 24.3 Å². The number of aromatic nitrogens is 1. The summed E-state index contributed by atoms with van der Waals surface area (Å²) in [6.45, 7) is 4.63. The SMILES string of the molecule is CC(=O)N1CCC(NC(=O)c2cc3ccc(F)cc3nc2C)CC1. The summed E-state index contributed by atoms with van der Waals surface area (Å²) in [4.78, 5) is 30.0. The van der Waals surface area contributed by atoms with Crippen LogP contribution in [0.4, 0.5) is 4.39 Å².